The van der Waals surface area contributed by atoms with Gasteiger partial charge >= 0.3 is 6.18 Å². The van der Waals surface area contributed by atoms with E-state index in [4.69, 9.17) is 4.42 Å². The molecular formula is C15H17F3N2O3. The lowest BCUT2D eigenvalue weighted by atomic mass is 10.1. The molecule has 2 aromatic heterocycles. The second kappa shape index (κ2) is 6.47. The minimum absolute atomic E-state index is 0.214. The van der Waals surface area contributed by atoms with Gasteiger partial charge in [0.25, 0.3) is 11.5 Å². The predicted octanol–water partition coefficient (Wildman–Crippen LogP) is 3.40. The highest BCUT2D eigenvalue weighted by Gasteiger charge is 2.35. The van der Waals surface area contributed by atoms with Crippen molar-refractivity contribution in [3.63, 3.8) is 0 Å². The lowest BCUT2D eigenvalue weighted by Gasteiger charge is -2.19. The molecule has 0 aliphatic carbocycles. The summed E-state index contributed by atoms with van der Waals surface area (Å²) in [5, 5.41) is -0.326. The van der Waals surface area contributed by atoms with E-state index in [1.165, 1.54) is 4.90 Å². The molecule has 0 aromatic carbocycles. The van der Waals surface area contributed by atoms with Crippen molar-refractivity contribution in [2.45, 2.75) is 32.9 Å². The third-order valence-corrected chi connectivity index (χ3v) is 3.32. The van der Waals surface area contributed by atoms with Crippen LogP contribution in [0, 0.1) is 0 Å². The van der Waals surface area contributed by atoms with Gasteiger partial charge in [-0.25, -0.2) is 0 Å². The molecule has 23 heavy (non-hydrogen) atoms. The number of alkyl halides is 3. The number of nitrogens with one attached hydrogen (secondary N) is 1. The van der Waals surface area contributed by atoms with E-state index >= 15 is 0 Å². The fourth-order valence-electron chi connectivity index (χ4n) is 2.39. The number of hydrogen-bond donors (Lipinski definition) is 1. The molecule has 1 amide bonds. The standard InChI is InChI=1S/C15H17F3N2O3/c1-3-5-20(6-4-2)14(22)11-7-9-10(15(16,17)18)8-12(21)19-13(9)23-11/h7-8H,3-6H2,1-2H3,(H,19,21). The van der Waals surface area contributed by atoms with Gasteiger partial charge in [-0.3, -0.25) is 14.6 Å². The Bertz CT molecular complexity index is 755. The van der Waals surface area contributed by atoms with Gasteiger partial charge in [-0.05, 0) is 18.9 Å². The molecular weight excluding hydrogens is 313 g/mol. The summed E-state index contributed by atoms with van der Waals surface area (Å²) >= 11 is 0. The van der Waals surface area contributed by atoms with Crippen molar-refractivity contribution in [3.8, 4) is 0 Å². The molecule has 5 nitrogen and oxygen atoms in total. The zero-order chi connectivity index (χ0) is 17.2. The minimum atomic E-state index is -4.71. The zero-order valence-corrected chi connectivity index (χ0v) is 12.8. The number of amides is 1. The SMILES string of the molecule is CCCN(CCC)C(=O)c1cc2c(C(F)(F)F)cc(=O)[nH]c2o1. The first-order chi connectivity index (χ1) is 10.8. The summed E-state index contributed by atoms with van der Waals surface area (Å²) in [5.41, 5.74) is -2.39. The van der Waals surface area contributed by atoms with E-state index in [0.29, 0.717) is 19.2 Å². The second-order valence-corrected chi connectivity index (χ2v) is 5.19. The van der Waals surface area contributed by atoms with Crippen LogP contribution in [0.3, 0.4) is 0 Å². The number of furan rings is 1. The Balaban J connectivity index is 2.51. The first-order valence-corrected chi connectivity index (χ1v) is 7.31. The van der Waals surface area contributed by atoms with Crippen LogP contribution in [-0.2, 0) is 6.18 Å². The van der Waals surface area contributed by atoms with Gasteiger partial charge in [0.2, 0.25) is 5.71 Å². The molecule has 2 heterocycles. The minimum Gasteiger partial charge on any atom is -0.434 e. The zero-order valence-electron chi connectivity index (χ0n) is 12.8. The highest BCUT2D eigenvalue weighted by Crippen LogP contribution is 2.34. The van der Waals surface area contributed by atoms with Crippen molar-refractivity contribution in [3.05, 3.63) is 33.8 Å². The van der Waals surface area contributed by atoms with Crippen LogP contribution in [0.15, 0.2) is 21.3 Å². The first kappa shape index (κ1) is 17.1. The van der Waals surface area contributed by atoms with Gasteiger partial charge in [-0.2, -0.15) is 13.2 Å². The van der Waals surface area contributed by atoms with Crippen LogP contribution < -0.4 is 5.56 Å². The van der Waals surface area contributed by atoms with Gasteiger partial charge in [0, 0.05) is 19.2 Å². The molecule has 0 saturated heterocycles. The summed E-state index contributed by atoms with van der Waals surface area (Å²) in [7, 11) is 0. The maximum absolute atomic E-state index is 13.0. The average Bonchev–Trinajstić information content (AvgIpc) is 2.87. The van der Waals surface area contributed by atoms with E-state index in [2.05, 4.69) is 4.98 Å². The van der Waals surface area contributed by atoms with Gasteiger partial charge in [0.1, 0.15) is 0 Å². The highest BCUT2D eigenvalue weighted by molar-refractivity contribution is 5.96. The van der Waals surface area contributed by atoms with Crippen molar-refractivity contribution >= 4 is 17.0 Å². The van der Waals surface area contributed by atoms with E-state index in [0.717, 1.165) is 18.9 Å². The van der Waals surface area contributed by atoms with Crippen molar-refractivity contribution in [1.29, 1.82) is 0 Å². The van der Waals surface area contributed by atoms with Crippen LogP contribution in [0.25, 0.3) is 11.1 Å². The Morgan fingerprint density at radius 1 is 1.22 bits per heavy atom. The second-order valence-electron chi connectivity index (χ2n) is 5.19. The molecule has 0 unspecified atom stereocenters. The highest BCUT2D eigenvalue weighted by atomic mass is 19.4. The van der Waals surface area contributed by atoms with Gasteiger partial charge < -0.3 is 9.32 Å². The summed E-state index contributed by atoms with van der Waals surface area (Å²) in [6.07, 6.45) is -3.27. The molecule has 0 radical (unpaired) electrons. The summed E-state index contributed by atoms with van der Waals surface area (Å²) in [4.78, 5) is 27.5. The number of aromatic amines is 1. The lowest BCUT2D eigenvalue weighted by Crippen LogP contribution is -2.32. The maximum atomic E-state index is 13.0. The molecule has 1 N–H and O–H groups in total. The molecule has 0 spiro atoms. The Labute approximate surface area is 130 Å². The summed E-state index contributed by atoms with van der Waals surface area (Å²) in [6.45, 7) is 4.75. The molecule has 8 heteroatoms. The average molecular weight is 330 g/mol. The van der Waals surface area contributed by atoms with Gasteiger partial charge in [-0.15, -0.1) is 0 Å². The van der Waals surface area contributed by atoms with Gasteiger partial charge in [0.05, 0.1) is 10.9 Å². The van der Waals surface area contributed by atoms with Crippen LogP contribution >= 0.6 is 0 Å². The molecule has 2 aromatic rings. The van der Waals surface area contributed by atoms with Crippen LogP contribution in [0.2, 0.25) is 0 Å². The number of hydrogen-bond acceptors (Lipinski definition) is 3. The fraction of sp³-hybridized carbons (Fsp3) is 0.467. The normalized spacial score (nSPS) is 11.9. The number of pyridine rings is 1. The number of rotatable bonds is 5. The number of aromatic nitrogens is 1. The lowest BCUT2D eigenvalue weighted by molar-refractivity contribution is -0.136. The van der Waals surface area contributed by atoms with Crippen molar-refractivity contribution in [1.82, 2.24) is 9.88 Å². The number of H-pyrrole nitrogens is 1. The third-order valence-electron chi connectivity index (χ3n) is 3.32. The van der Waals surface area contributed by atoms with E-state index in [9.17, 15) is 22.8 Å². The van der Waals surface area contributed by atoms with Crippen molar-refractivity contribution < 1.29 is 22.4 Å². The molecule has 0 bridgehead atoms. The topological polar surface area (TPSA) is 66.3 Å². The third kappa shape index (κ3) is 3.57. The molecule has 0 fully saturated rings. The van der Waals surface area contributed by atoms with E-state index in [1.54, 1.807) is 0 Å². The number of fused-ring (bicyclic) bond motifs is 1. The van der Waals surface area contributed by atoms with Gasteiger partial charge in [-0.1, -0.05) is 13.8 Å². The molecule has 126 valence electrons. The van der Waals surface area contributed by atoms with E-state index in [1.807, 2.05) is 13.8 Å². The van der Waals surface area contributed by atoms with Crippen LogP contribution in [0.1, 0.15) is 42.8 Å². The molecule has 0 aliphatic rings. The van der Waals surface area contributed by atoms with Crippen molar-refractivity contribution in [2.24, 2.45) is 0 Å². The smallest absolute Gasteiger partial charge is 0.417 e. The first-order valence-electron chi connectivity index (χ1n) is 7.31. The Morgan fingerprint density at radius 3 is 2.35 bits per heavy atom. The number of halogens is 3. The fourth-order valence-corrected chi connectivity index (χ4v) is 2.39. The Kier molecular flexibility index (Phi) is 4.82. The number of nitrogens with zero attached hydrogens (tertiary/aromatic N) is 1. The Hall–Kier alpha value is -2.25. The van der Waals surface area contributed by atoms with Crippen LogP contribution in [0.5, 0.6) is 0 Å². The molecule has 0 saturated carbocycles. The van der Waals surface area contributed by atoms with E-state index in [-0.39, 0.29) is 16.9 Å². The predicted molar refractivity (Wildman–Crippen MR) is 78.3 cm³/mol. The quantitative estimate of drug-likeness (QED) is 0.914. The van der Waals surface area contributed by atoms with Crippen LogP contribution in [0.4, 0.5) is 13.2 Å². The van der Waals surface area contributed by atoms with E-state index < -0.39 is 23.2 Å². The maximum Gasteiger partial charge on any atom is 0.417 e. The summed E-state index contributed by atoms with van der Waals surface area (Å²) in [5.74, 6) is -0.701. The largest absolute Gasteiger partial charge is 0.434 e. The molecule has 0 atom stereocenters. The summed E-state index contributed by atoms with van der Waals surface area (Å²) in [6, 6.07) is 1.50. The van der Waals surface area contributed by atoms with Crippen molar-refractivity contribution in [2.75, 3.05) is 13.1 Å². The molecule has 0 aliphatic heterocycles. The summed E-state index contributed by atoms with van der Waals surface area (Å²) < 4.78 is 44.2. The number of carbonyl (C=O) groups is 1. The molecule has 2 rings (SSSR count). The Morgan fingerprint density at radius 2 is 1.83 bits per heavy atom. The monoisotopic (exact) mass is 330 g/mol. The van der Waals surface area contributed by atoms with Crippen LogP contribution in [-0.4, -0.2) is 28.9 Å². The number of carbonyl (C=O) groups excluding carboxylic acids is 1. The van der Waals surface area contributed by atoms with Gasteiger partial charge in [0.15, 0.2) is 5.76 Å².